The monoisotopic (exact) mass is 417 g/mol. The minimum Gasteiger partial charge on any atom is -0.491 e. The van der Waals surface area contributed by atoms with Gasteiger partial charge >= 0.3 is 0 Å². The number of nitrogens with two attached hydrogens (primary N) is 1. The first-order valence-corrected chi connectivity index (χ1v) is 11.1. The molecule has 0 aliphatic carbocycles. The van der Waals surface area contributed by atoms with E-state index in [2.05, 4.69) is 6.07 Å². The molecule has 7 nitrogen and oxygen atoms in total. The van der Waals surface area contributed by atoms with Gasteiger partial charge in [-0.1, -0.05) is 31.0 Å². The van der Waals surface area contributed by atoms with E-state index in [1.807, 2.05) is 25.2 Å². The van der Waals surface area contributed by atoms with Crippen molar-refractivity contribution in [2.24, 2.45) is 11.1 Å². The summed E-state index contributed by atoms with van der Waals surface area (Å²) in [5.74, 6) is 0.834. The summed E-state index contributed by atoms with van der Waals surface area (Å²) in [7, 11) is 1.85. The molecule has 2 aliphatic heterocycles. The second-order valence-electron chi connectivity index (χ2n) is 8.64. The number of ether oxygens (including phenoxy) is 1. The molecule has 7 heteroatoms. The van der Waals surface area contributed by atoms with Gasteiger partial charge in [-0.15, -0.1) is 0 Å². The lowest BCUT2D eigenvalue weighted by atomic mass is 9.73. The molecule has 0 saturated carbocycles. The Morgan fingerprint density at radius 3 is 2.63 bits per heavy atom. The molecule has 30 heavy (non-hydrogen) atoms. The molecule has 3 N–H and O–H groups in total. The molecule has 3 rings (SSSR count). The third-order valence-electron chi connectivity index (χ3n) is 6.60. The number of likely N-dealkylation sites (N-methyl/N-ethyl adjacent to an activating group) is 1. The summed E-state index contributed by atoms with van der Waals surface area (Å²) in [6.45, 7) is 1.66. The molecule has 1 saturated heterocycles. The topological polar surface area (TPSA) is 96.1 Å². The Kier molecular flexibility index (Phi) is 7.72. The number of aryl methyl sites for hydroxylation is 1. The van der Waals surface area contributed by atoms with Gasteiger partial charge in [-0.2, -0.15) is 0 Å². The number of amides is 2. The molecular weight excluding hydrogens is 382 g/mol. The smallest absolute Gasteiger partial charge is 0.241 e. The Morgan fingerprint density at radius 1 is 1.17 bits per heavy atom. The number of carbonyl (C=O) groups is 2. The van der Waals surface area contributed by atoms with Gasteiger partial charge in [0.1, 0.15) is 18.4 Å². The van der Waals surface area contributed by atoms with E-state index < -0.39 is 11.5 Å². The Balaban J connectivity index is 1.69. The summed E-state index contributed by atoms with van der Waals surface area (Å²) in [6.07, 6.45) is 6.22. The third kappa shape index (κ3) is 5.13. The number of rotatable bonds is 2. The fourth-order valence-corrected chi connectivity index (χ4v) is 4.64. The Hall–Kier alpha value is -2.12. The van der Waals surface area contributed by atoms with Crippen LogP contribution < -0.4 is 10.5 Å². The van der Waals surface area contributed by atoms with Crippen LogP contribution in [-0.4, -0.2) is 72.7 Å². The van der Waals surface area contributed by atoms with Crippen LogP contribution in [0.25, 0.3) is 0 Å². The van der Waals surface area contributed by atoms with E-state index in [1.54, 1.807) is 9.80 Å². The fourth-order valence-electron chi connectivity index (χ4n) is 4.64. The van der Waals surface area contributed by atoms with Crippen LogP contribution in [0.5, 0.6) is 5.75 Å². The highest BCUT2D eigenvalue weighted by Gasteiger charge is 2.43. The third-order valence-corrected chi connectivity index (χ3v) is 6.60. The van der Waals surface area contributed by atoms with Crippen molar-refractivity contribution < 1.29 is 19.4 Å². The van der Waals surface area contributed by atoms with Gasteiger partial charge in [0.25, 0.3) is 0 Å². The second-order valence-corrected chi connectivity index (χ2v) is 8.64. The van der Waals surface area contributed by atoms with Gasteiger partial charge < -0.3 is 25.4 Å². The number of hydrogen-bond acceptors (Lipinski definition) is 5. The number of benzene rings is 1. The number of fused-ring (bicyclic) bond motifs is 1. The fraction of sp³-hybridized carbons (Fsp3) is 0.652. The Labute approximate surface area is 179 Å². The van der Waals surface area contributed by atoms with E-state index >= 15 is 0 Å². The first-order chi connectivity index (χ1) is 14.5. The van der Waals surface area contributed by atoms with Gasteiger partial charge in [0.05, 0.1) is 18.6 Å². The summed E-state index contributed by atoms with van der Waals surface area (Å²) in [5.41, 5.74) is 6.50. The van der Waals surface area contributed by atoms with Crippen molar-refractivity contribution in [1.29, 1.82) is 0 Å². The molecule has 0 bridgehead atoms. The molecule has 1 atom stereocenters. The average Bonchev–Trinajstić information content (AvgIpc) is 2.78. The highest BCUT2D eigenvalue weighted by atomic mass is 16.5. The number of likely N-dealkylation sites (tertiary alicyclic amines) is 1. The van der Waals surface area contributed by atoms with Gasteiger partial charge in [0.15, 0.2) is 0 Å². The van der Waals surface area contributed by atoms with Gasteiger partial charge in [-0.3, -0.25) is 9.59 Å². The van der Waals surface area contributed by atoms with E-state index in [4.69, 9.17) is 10.5 Å². The lowest BCUT2D eigenvalue weighted by Gasteiger charge is -2.43. The normalized spacial score (nSPS) is 21.6. The quantitative estimate of drug-likeness (QED) is 0.762. The molecule has 0 aromatic heterocycles. The summed E-state index contributed by atoms with van der Waals surface area (Å²) in [5, 5.41) is 9.17. The van der Waals surface area contributed by atoms with Crippen LogP contribution in [0.15, 0.2) is 24.3 Å². The minimum atomic E-state index is -0.878. The minimum absolute atomic E-state index is 0.150. The van der Waals surface area contributed by atoms with Crippen molar-refractivity contribution >= 4 is 11.8 Å². The van der Waals surface area contributed by atoms with Gasteiger partial charge in [0, 0.05) is 20.1 Å². The first kappa shape index (κ1) is 22.6. The maximum Gasteiger partial charge on any atom is 0.241 e. The number of nitrogens with zero attached hydrogens (tertiary/aromatic N) is 2. The number of piperidine rings is 1. The first-order valence-electron chi connectivity index (χ1n) is 11.1. The van der Waals surface area contributed by atoms with E-state index in [1.165, 1.54) is 5.56 Å². The summed E-state index contributed by atoms with van der Waals surface area (Å²) >= 11 is 0. The van der Waals surface area contributed by atoms with Crippen molar-refractivity contribution in [3.8, 4) is 5.75 Å². The van der Waals surface area contributed by atoms with E-state index in [0.717, 1.165) is 37.9 Å². The molecule has 0 unspecified atom stereocenters. The molecule has 166 valence electrons. The van der Waals surface area contributed by atoms with E-state index in [9.17, 15) is 14.7 Å². The van der Waals surface area contributed by atoms with Crippen LogP contribution in [0.2, 0.25) is 0 Å². The summed E-state index contributed by atoms with van der Waals surface area (Å²) in [4.78, 5) is 29.3. The van der Waals surface area contributed by atoms with Crippen LogP contribution in [0.3, 0.4) is 0 Å². The highest BCUT2D eigenvalue weighted by Crippen LogP contribution is 2.39. The van der Waals surface area contributed by atoms with Crippen molar-refractivity contribution in [2.45, 2.75) is 51.0 Å². The lowest BCUT2D eigenvalue weighted by molar-refractivity contribution is -0.148. The van der Waals surface area contributed by atoms with Crippen LogP contribution in [-0.2, 0) is 16.0 Å². The Bertz CT molecular complexity index is 731. The van der Waals surface area contributed by atoms with Crippen LogP contribution in [0.1, 0.15) is 44.1 Å². The number of aliphatic hydroxyl groups excluding tert-OH is 1. The zero-order valence-electron chi connectivity index (χ0n) is 18.0. The highest BCUT2D eigenvalue weighted by molar-refractivity contribution is 5.84. The van der Waals surface area contributed by atoms with Gasteiger partial charge in [-0.25, -0.2) is 0 Å². The largest absolute Gasteiger partial charge is 0.491 e. The molecule has 1 spiro atoms. The van der Waals surface area contributed by atoms with Crippen molar-refractivity contribution in [1.82, 2.24) is 9.80 Å². The van der Waals surface area contributed by atoms with Crippen molar-refractivity contribution in [2.75, 3.05) is 39.9 Å². The standard InChI is InChI=1S/C23H35N3O4/c1-25-15-16-30-20-9-5-4-8-18(20)7-3-2-6-10-23(22(25)29)11-13-26(14-12-23)21(28)19(24)17-27/h4-5,8-9,19,27H,2-3,6-7,10-17,24H2,1H3/t19-/m1/s1. The molecule has 2 amide bonds. The summed E-state index contributed by atoms with van der Waals surface area (Å²) < 4.78 is 6.00. The number of hydrogen-bond donors (Lipinski definition) is 2. The SMILES string of the molecule is CN1CCOc2ccccc2CCCCCC2(CCN(C(=O)[C@H](N)CO)CC2)C1=O. The predicted octanol–water partition coefficient (Wildman–Crippen LogP) is 1.57. The van der Waals surface area contributed by atoms with Crippen molar-refractivity contribution in [3.05, 3.63) is 29.8 Å². The predicted molar refractivity (Wildman–Crippen MR) is 115 cm³/mol. The van der Waals surface area contributed by atoms with Gasteiger partial charge in [-0.05, 0) is 43.7 Å². The van der Waals surface area contributed by atoms with E-state index in [0.29, 0.717) is 39.1 Å². The summed E-state index contributed by atoms with van der Waals surface area (Å²) in [6, 6.07) is 7.27. The molecule has 2 aliphatic rings. The molecule has 1 fully saturated rings. The van der Waals surface area contributed by atoms with E-state index in [-0.39, 0.29) is 18.4 Å². The number of para-hydroxylation sites is 1. The Morgan fingerprint density at radius 2 is 1.90 bits per heavy atom. The molecule has 2 heterocycles. The number of aliphatic hydroxyl groups is 1. The second kappa shape index (κ2) is 10.3. The maximum absolute atomic E-state index is 13.4. The average molecular weight is 418 g/mol. The van der Waals surface area contributed by atoms with Gasteiger partial charge in [0.2, 0.25) is 11.8 Å². The molecule has 0 radical (unpaired) electrons. The lowest BCUT2D eigenvalue weighted by Crippen LogP contribution is -2.54. The van der Waals surface area contributed by atoms with Crippen LogP contribution in [0.4, 0.5) is 0 Å². The van der Waals surface area contributed by atoms with Crippen LogP contribution in [0, 0.1) is 5.41 Å². The molecule has 1 aromatic rings. The zero-order chi connectivity index (χ0) is 21.6. The van der Waals surface area contributed by atoms with Crippen molar-refractivity contribution in [3.63, 3.8) is 0 Å². The number of carbonyl (C=O) groups excluding carboxylic acids is 2. The molecular formula is C23H35N3O4. The maximum atomic E-state index is 13.4. The zero-order valence-corrected chi connectivity index (χ0v) is 18.0. The van der Waals surface area contributed by atoms with Crippen LogP contribution >= 0.6 is 0 Å². The molecule has 1 aromatic carbocycles.